The molecular weight excluding hydrogens is 228 g/mol. The molecule has 1 fully saturated rings. The van der Waals surface area contributed by atoms with Gasteiger partial charge in [-0.3, -0.25) is 10.8 Å². The first-order valence-electron chi connectivity index (χ1n) is 6.82. The molecule has 1 rings (SSSR count). The van der Waals surface area contributed by atoms with Crippen LogP contribution in [0.15, 0.2) is 0 Å². The fraction of sp³-hybridized carbons (Fsp3) is 0.917. The minimum Gasteiger partial charge on any atom is -0.354 e. The molecule has 7 N–H and O–H groups in total. The molecule has 0 aromatic carbocycles. The summed E-state index contributed by atoms with van der Waals surface area (Å²) in [5.41, 5.74) is 11.9. The summed E-state index contributed by atoms with van der Waals surface area (Å²) in [6, 6.07) is 0.728. The Kier molecular flexibility index (Phi) is 6.38. The first kappa shape index (κ1) is 15.2. The lowest BCUT2D eigenvalue weighted by Gasteiger charge is -2.30. The summed E-state index contributed by atoms with van der Waals surface area (Å²) in [7, 11) is 1.83. The Morgan fingerprint density at radius 3 is 2.33 bits per heavy atom. The van der Waals surface area contributed by atoms with E-state index in [4.69, 9.17) is 11.1 Å². The Labute approximate surface area is 110 Å². The average Bonchev–Trinajstić information content (AvgIpc) is 2.31. The summed E-state index contributed by atoms with van der Waals surface area (Å²) in [6.07, 6.45) is 4.25. The molecule has 1 unspecified atom stereocenters. The smallest absolute Gasteiger partial charge is 0.189 e. The highest BCUT2D eigenvalue weighted by atomic mass is 15.4. The van der Waals surface area contributed by atoms with E-state index < -0.39 is 0 Å². The number of hydrazine groups is 1. The molecular formula is C12H28N6. The summed E-state index contributed by atoms with van der Waals surface area (Å²) in [5.74, 6) is 0.774. The van der Waals surface area contributed by atoms with Crippen molar-refractivity contribution in [2.24, 2.45) is 11.7 Å². The summed E-state index contributed by atoms with van der Waals surface area (Å²) in [5, 5.41) is 14.3. The van der Waals surface area contributed by atoms with E-state index in [1.807, 2.05) is 7.05 Å². The van der Waals surface area contributed by atoms with Crippen molar-refractivity contribution in [3.05, 3.63) is 0 Å². The highest BCUT2D eigenvalue weighted by molar-refractivity contribution is 5.77. The predicted molar refractivity (Wildman–Crippen MR) is 75.1 cm³/mol. The van der Waals surface area contributed by atoms with Crippen molar-refractivity contribution in [1.29, 1.82) is 5.41 Å². The third-order valence-corrected chi connectivity index (χ3v) is 3.39. The normalized spacial score (nSPS) is 25.8. The van der Waals surface area contributed by atoms with E-state index in [0.717, 1.165) is 25.7 Å². The zero-order chi connectivity index (χ0) is 13.5. The van der Waals surface area contributed by atoms with Crippen LogP contribution >= 0.6 is 0 Å². The largest absolute Gasteiger partial charge is 0.354 e. The van der Waals surface area contributed by atoms with Crippen molar-refractivity contribution >= 4 is 5.96 Å². The van der Waals surface area contributed by atoms with Crippen LogP contribution in [-0.4, -0.2) is 31.3 Å². The number of hydrogen-bond acceptors (Lipinski definition) is 4. The second-order valence-electron chi connectivity index (χ2n) is 5.39. The van der Waals surface area contributed by atoms with Gasteiger partial charge in [0.05, 0.1) is 6.17 Å². The molecule has 6 heteroatoms. The molecule has 106 valence electrons. The monoisotopic (exact) mass is 256 g/mol. The maximum Gasteiger partial charge on any atom is 0.189 e. The molecule has 1 saturated carbocycles. The van der Waals surface area contributed by atoms with Gasteiger partial charge in [0.1, 0.15) is 0 Å². The Morgan fingerprint density at radius 2 is 1.83 bits per heavy atom. The molecule has 0 spiro atoms. The van der Waals surface area contributed by atoms with E-state index in [-0.39, 0.29) is 6.17 Å². The number of rotatable bonds is 5. The van der Waals surface area contributed by atoms with E-state index in [9.17, 15) is 0 Å². The topological polar surface area (TPSA) is 98.0 Å². The Morgan fingerprint density at radius 1 is 1.22 bits per heavy atom. The molecule has 0 heterocycles. The molecule has 1 atom stereocenters. The fourth-order valence-electron chi connectivity index (χ4n) is 2.19. The third-order valence-electron chi connectivity index (χ3n) is 3.39. The van der Waals surface area contributed by atoms with Crippen molar-refractivity contribution in [3.63, 3.8) is 0 Å². The SMILES string of the molecule is CNNC(NC(=N)N[C@H]1CC[C@H](N)CC1)C(C)C. The van der Waals surface area contributed by atoms with Gasteiger partial charge in [-0.2, -0.15) is 0 Å². The fourth-order valence-corrected chi connectivity index (χ4v) is 2.19. The molecule has 1 aliphatic rings. The Bertz CT molecular complexity index is 247. The second kappa shape index (κ2) is 7.56. The molecule has 6 nitrogen and oxygen atoms in total. The van der Waals surface area contributed by atoms with Gasteiger partial charge in [-0.1, -0.05) is 13.8 Å². The van der Waals surface area contributed by atoms with Gasteiger partial charge in [0.15, 0.2) is 5.96 Å². The van der Waals surface area contributed by atoms with Gasteiger partial charge >= 0.3 is 0 Å². The summed E-state index contributed by atoms with van der Waals surface area (Å²) in [4.78, 5) is 0. The molecule has 1 aliphatic carbocycles. The molecule has 0 bridgehead atoms. The lowest BCUT2D eigenvalue weighted by atomic mass is 9.92. The molecule has 18 heavy (non-hydrogen) atoms. The summed E-state index contributed by atoms with van der Waals surface area (Å²) >= 11 is 0. The van der Waals surface area contributed by atoms with Gasteiger partial charge < -0.3 is 16.4 Å². The van der Waals surface area contributed by atoms with Crippen molar-refractivity contribution in [3.8, 4) is 0 Å². The number of guanidine groups is 1. The number of nitrogens with two attached hydrogens (primary N) is 1. The molecule has 0 aromatic rings. The lowest BCUT2D eigenvalue weighted by molar-refractivity contribution is 0.332. The van der Waals surface area contributed by atoms with Crippen molar-refractivity contribution in [1.82, 2.24) is 21.5 Å². The Balaban J connectivity index is 2.31. The van der Waals surface area contributed by atoms with Crippen LogP contribution in [0.3, 0.4) is 0 Å². The summed E-state index contributed by atoms with van der Waals surface area (Å²) in [6.45, 7) is 4.21. The third kappa shape index (κ3) is 5.20. The van der Waals surface area contributed by atoms with Crippen molar-refractivity contribution in [2.75, 3.05) is 7.05 Å². The van der Waals surface area contributed by atoms with Crippen LogP contribution < -0.4 is 27.2 Å². The minimum atomic E-state index is 0.0425. The van der Waals surface area contributed by atoms with E-state index in [2.05, 4.69) is 35.3 Å². The van der Waals surface area contributed by atoms with Gasteiger partial charge in [0.25, 0.3) is 0 Å². The molecule has 0 aromatic heterocycles. The van der Waals surface area contributed by atoms with E-state index in [0.29, 0.717) is 24.0 Å². The van der Waals surface area contributed by atoms with Gasteiger partial charge in [0.2, 0.25) is 0 Å². The van der Waals surface area contributed by atoms with E-state index in [1.54, 1.807) is 0 Å². The van der Waals surface area contributed by atoms with Crippen LogP contribution in [0.5, 0.6) is 0 Å². The molecule has 0 aliphatic heterocycles. The first-order valence-corrected chi connectivity index (χ1v) is 6.82. The molecule has 0 amide bonds. The highest BCUT2D eigenvalue weighted by Crippen LogP contribution is 2.16. The van der Waals surface area contributed by atoms with E-state index >= 15 is 0 Å². The number of nitrogens with one attached hydrogen (secondary N) is 5. The van der Waals surface area contributed by atoms with Crippen LogP contribution in [0.1, 0.15) is 39.5 Å². The zero-order valence-corrected chi connectivity index (χ0v) is 11.7. The van der Waals surface area contributed by atoms with Gasteiger partial charge in [-0.05, 0) is 38.6 Å². The second-order valence-corrected chi connectivity index (χ2v) is 5.39. The quantitative estimate of drug-likeness (QED) is 0.181. The average molecular weight is 256 g/mol. The van der Waals surface area contributed by atoms with Crippen LogP contribution in [0.4, 0.5) is 0 Å². The maximum absolute atomic E-state index is 7.96. The van der Waals surface area contributed by atoms with Crippen LogP contribution in [-0.2, 0) is 0 Å². The van der Waals surface area contributed by atoms with E-state index in [1.165, 1.54) is 0 Å². The highest BCUT2D eigenvalue weighted by Gasteiger charge is 2.20. The Hall–Kier alpha value is -0.850. The van der Waals surface area contributed by atoms with Crippen LogP contribution in [0.2, 0.25) is 0 Å². The minimum absolute atomic E-state index is 0.0425. The van der Waals surface area contributed by atoms with Gasteiger partial charge in [-0.25, -0.2) is 5.43 Å². The van der Waals surface area contributed by atoms with Crippen molar-refractivity contribution in [2.45, 2.75) is 57.8 Å². The molecule has 0 radical (unpaired) electrons. The zero-order valence-electron chi connectivity index (χ0n) is 11.7. The predicted octanol–water partition coefficient (Wildman–Crippen LogP) is 0.0764. The number of hydrogen-bond donors (Lipinski definition) is 6. The van der Waals surface area contributed by atoms with Crippen LogP contribution in [0.25, 0.3) is 0 Å². The summed E-state index contributed by atoms with van der Waals surface area (Å²) < 4.78 is 0. The first-order chi connectivity index (χ1) is 8.52. The maximum atomic E-state index is 7.96. The van der Waals surface area contributed by atoms with Gasteiger partial charge in [-0.15, -0.1) is 0 Å². The van der Waals surface area contributed by atoms with Gasteiger partial charge in [0, 0.05) is 12.1 Å². The van der Waals surface area contributed by atoms with Crippen molar-refractivity contribution < 1.29 is 0 Å². The standard InChI is InChI=1S/C12H28N6/c1-8(2)11(18-15-3)17-12(14)16-10-6-4-9(13)5-7-10/h8-11,15,18H,4-7,13H2,1-3H3,(H3,14,16,17)/t9-,10-,11?. The van der Waals surface area contributed by atoms with Crippen LogP contribution in [0, 0.1) is 11.3 Å². The molecule has 0 saturated heterocycles. The lowest BCUT2D eigenvalue weighted by Crippen LogP contribution is -2.57.